The molecule has 3 rings (SSSR count). The molecule has 0 fully saturated rings. The van der Waals surface area contributed by atoms with Crippen molar-refractivity contribution in [3.05, 3.63) is 55.9 Å². The van der Waals surface area contributed by atoms with Gasteiger partial charge in [-0.1, -0.05) is 23.2 Å². The first kappa shape index (κ1) is 13.2. The molecule has 4 nitrogen and oxygen atoms in total. The highest BCUT2D eigenvalue weighted by Gasteiger charge is 2.29. The first-order chi connectivity index (χ1) is 9.47. The van der Waals surface area contributed by atoms with Crippen LogP contribution in [0, 0.1) is 0 Å². The number of halogens is 2. The van der Waals surface area contributed by atoms with E-state index in [1.165, 1.54) is 6.07 Å². The Balaban J connectivity index is 2.33. The van der Waals surface area contributed by atoms with E-state index < -0.39 is 0 Å². The molecule has 1 aromatic carbocycles. The van der Waals surface area contributed by atoms with Crippen molar-refractivity contribution in [1.29, 1.82) is 0 Å². The Morgan fingerprint density at radius 3 is 2.65 bits per heavy atom. The molecule has 0 aliphatic carbocycles. The largest absolute Gasteiger partial charge is 0.336 e. The minimum absolute atomic E-state index is 0.137. The molecular weight excluding hydrogens is 299 g/mol. The zero-order valence-electron chi connectivity index (χ0n) is 10.5. The molecule has 0 atom stereocenters. The average molecular weight is 309 g/mol. The highest BCUT2D eigenvalue weighted by Crippen LogP contribution is 2.35. The number of benzene rings is 1. The van der Waals surface area contributed by atoms with Gasteiger partial charge < -0.3 is 9.88 Å². The molecule has 6 heteroatoms. The van der Waals surface area contributed by atoms with Crippen molar-refractivity contribution in [3.63, 3.8) is 0 Å². The third-order valence-electron chi connectivity index (χ3n) is 3.30. The van der Waals surface area contributed by atoms with Crippen LogP contribution in [0.4, 0.5) is 0 Å². The van der Waals surface area contributed by atoms with Gasteiger partial charge in [-0.2, -0.15) is 0 Å². The van der Waals surface area contributed by atoms with Gasteiger partial charge in [0.25, 0.3) is 5.91 Å². The fourth-order valence-corrected chi connectivity index (χ4v) is 2.78. The number of nitrogens with zero attached hydrogens (tertiary/aromatic N) is 1. The lowest BCUT2D eigenvalue weighted by Gasteiger charge is -2.09. The van der Waals surface area contributed by atoms with Gasteiger partial charge in [-0.25, -0.2) is 0 Å². The minimum atomic E-state index is -0.266. The molecule has 2 heterocycles. The van der Waals surface area contributed by atoms with E-state index in [4.69, 9.17) is 23.2 Å². The lowest BCUT2D eigenvalue weighted by molar-refractivity contribution is 0.0817. The third-order valence-corrected chi connectivity index (χ3v) is 3.86. The number of nitrogens with one attached hydrogen (secondary N) is 1. The maximum atomic E-state index is 12.2. The molecule has 1 aliphatic rings. The molecule has 1 N–H and O–H groups in total. The molecule has 1 amide bonds. The quantitative estimate of drug-likeness (QED) is 0.880. The zero-order valence-corrected chi connectivity index (χ0v) is 12.0. The molecule has 20 heavy (non-hydrogen) atoms. The van der Waals surface area contributed by atoms with E-state index >= 15 is 0 Å². The second-order valence-electron chi connectivity index (χ2n) is 4.69. The highest BCUT2D eigenvalue weighted by atomic mass is 35.5. The van der Waals surface area contributed by atoms with Gasteiger partial charge in [0.05, 0.1) is 17.8 Å². The number of carbonyl (C=O) groups is 1. The van der Waals surface area contributed by atoms with E-state index in [0.29, 0.717) is 39.0 Å². The summed E-state index contributed by atoms with van der Waals surface area (Å²) in [5, 5.41) is 0.946. The number of fused-ring (bicyclic) bond motifs is 1. The van der Waals surface area contributed by atoms with Crippen LogP contribution < -0.4 is 5.56 Å². The SMILES string of the molecule is CN1Cc2[nH]c(=O)cc(-c3cc(Cl)ccc3Cl)c2C1=O. The summed E-state index contributed by atoms with van der Waals surface area (Å²) in [6, 6.07) is 6.35. The number of rotatable bonds is 1. The summed E-state index contributed by atoms with van der Waals surface area (Å²) in [6.07, 6.45) is 0. The van der Waals surface area contributed by atoms with E-state index in [9.17, 15) is 9.59 Å². The Labute approximate surface area is 124 Å². The molecule has 1 aliphatic heterocycles. The van der Waals surface area contributed by atoms with Crippen molar-refractivity contribution in [2.75, 3.05) is 7.05 Å². The average Bonchev–Trinajstić information content (AvgIpc) is 2.67. The monoisotopic (exact) mass is 308 g/mol. The summed E-state index contributed by atoms with van der Waals surface area (Å²) in [4.78, 5) is 28.2. The van der Waals surface area contributed by atoms with Crippen LogP contribution in [0.5, 0.6) is 0 Å². The van der Waals surface area contributed by atoms with Crippen molar-refractivity contribution < 1.29 is 4.79 Å². The normalized spacial score (nSPS) is 13.8. The number of amides is 1. The molecule has 2 aromatic rings. The predicted molar refractivity (Wildman–Crippen MR) is 78.3 cm³/mol. The topological polar surface area (TPSA) is 53.2 Å². The predicted octanol–water partition coefficient (Wildman–Crippen LogP) is 2.93. The zero-order chi connectivity index (χ0) is 14.4. The molecule has 1 aromatic heterocycles. The first-order valence-electron chi connectivity index (χ1n) is 5.94. The van der Waals surface area contributed by atoms with Gasteiger partial charge >= 0.3 is 0 Å². The fourth-order valence-electron chi connectivity index (χ4n) is 2.39. The minimum Gasteiger partial charge on any atom is -0.336 e. The molecule has 102 valence electrons. The summed E-state index contributed by atoms with van der Waals surface area (Å²) < 4.78 is 0. The summed E-state index contributed by atoms with van der Waals surface area (Å²) in [6.45, 7) is 0.384. The van der Waals surface area contributed by atoms with Crippen molar-refractivity contribution in [2.24, 2.45) is 0 Å². The Bertz CT molecular complexity index is 783. The Hall–Kier alpha value is -1.78. The van der Waals surface area contributed by atoms with Crippen LogP contribution in [0.25, 0.3) is 11.1 Å². The van der Waals surface area contributed by atoms with Gasteiger partial charge in [-0.15, -0.1) is 0 Å². The molecule has 0 saturated carbocycles. The number of pyridine rings is 1. The van der Waals surface area contributed by atoms with Crippen molar-refractivity contribution in [3.8, 4) is 11.1 Å². The summed E-state index contributed by atoms with van der Waals surface area (Å²) in [7, 11) is 1.68. The standard InChI is InChI=1S/C14H10Cl2N2O2/c1-18-6-11-13(14(18)20)9(5-12(19)17-11)8-4-7(15)2-3-10(8)16/h2-5H,6H2,1H3,(H,17,19). The second-order valence-corrected chi connectivity index (χ2v) is 5.53. The van der Waals surface area contributed by atoms with Gasteiger partial charge in [0, 0.05) is 34.3 Å². The van der Waals surface area contributed by atoms with Crippen molar-refractivity contribution >= 4 is 29.1 Å². The van der Waals surface area contributed by atoms with Crippen LogP contribution in [-0.4, -0.2) is 22.8 Å². The molecule has 0 bridgehead atoms. The molecule has 0 radical (unpaired) electrons. The maximum Gasteiger partial charge on any atom is 0.256 e. The number of aromatic amines is 1. The number of aromatic nitrogens is 1. The first-order valence-corrected chi connectivity index (χ1v) is 6.70. The van der Waals surface area contributed by atoms with Gasteiger partial charge in [0.2, 0.25) is 5.56 Å². The Kier molecular flexibility index (Phi) is 3.07. The Morgan fingerprint density at radius 2 is 1.90 bits per heavy atom. The Morgan fingerprint density at radius 1 is 1.15 bits per heavy atom. The van der Waals surface area contributed by atoms with Crippen LogP contribution in [0.2, 0.25) is 10.0 Å². The molecule has 0 saturated heterocycles. The third kappa shape index (κ3) is 2.01. The maximum absolute atomic E-state index is 12.2. The van der Waals surface area contributed by atoms with Crippen molar-refractivity contribution in [1.82, 2.24) is 9.88 Å². The summed E-state index contributed by atoms with van der Waals surface area (Å²) in [5.41, 5.74) is 1.93. The van der Waals surface area contributed by atoms with Crippen LogP contribution in [0.15, 0.2) is 29.1 Å². The van der Waals surface area contributed by atoms with Gasteiger partial charge in [-0.3, -0.25) is 9.59 Å². The molecule has 0 spiro atoms. The van der Waals surface area contributed by atoms with Gasteiger partial charge in [0.1, 0.15) is 0 Å². The number of carbonyl (C=O) groups excluding carboxylic acids is 1. The summed E-state index contributed by atoms with van der Waals surface area (Å²) in [5.74, 6) is -0.137. The van der Waals surface area contributed by atoms with Crippen LogP contribution in [0.1, 0.15) is 16.1 Å². The molecular formula is C14H10Cl2N2O2. The lowest BCUT2D eigenvalue weighted by Crippen LogP contribution is -2.18. The van der Waals surface area contributed by atoms with Crippen LogP contribution in [-0.2, 0) is 6.54 Å². The van der Waals surface area contributed by atoms with E-state index in [-0.39, 0.29) is 11.5 Å². The van der Waals surface area contributed by atoms with Crippen molar-refractivity contribution in [2.45, 2.75) is 6.54 Å². The number of hydrogen-bond donors (Lipinski definition) is 1. The van der Waals surface area contributed by atoms with Crippen LogP contribution in [0.3, 0.4) is 0 Å². The highest BCUT2D eigenvalue weighted by molar-refractivity contribution is 6.35. The van der Waals surface area contributed by atoms with E-state index in [1.807, 2.05) is 0 Å². The number of hydrogen-bond acceptors (Lipinski definition) is 2. The molecule has 0 unspecified atom stereocenters. The van der Waals surface area contributed by atoms with Gasteiger partial charge in [0.15, 0.2) is 0 Å². The fraction of sp³-hybridized carbons (Fsp3) is 0.143. The van der Waals surface area contributed by atoms with Crippen LogP contribution >= 0.6 is 23.2 Å². The van der Waals surface area contributed by atoms with E-state index in [0.717, 1.165) is 0 Å². The number of H-pyrrole nitrogens is 1. The second kappa shape index (κ2) is 4.65. The van der Waals surface area contributed by atoms with E-state index in [2.05, 4.69) is 4.98 Å². The van der Waals surface area contributed by atoms with E-state index in [1.54, 1.807) is 30.1 Å². The summed E-state index contributed by atoms with van der Waals surface area (Å²) >= 11 is 12.2. The smallest absolute Gasteiger partial charge is 0.256 e. The lowest BCUT2D eigenvalue weighted by atomic mass is 10.00. The van der Waals surface area contributed by atoms with Gasteiger partial charge in [-0.05, 0) is 18.2 Å².